The first-order chi connectivity index (χ1) is 10.8. The smallest absolute Gasteiger partial charge is 0.308 e. The molecule has 2 N–H and O–H groups in total. The van der Waals surface area contributed by atoms with Crippen LogP contribution < -0.4 is 5.32 Å². The van der Waals surface area contributed by atoms with Crippen LogP contribution in [0.4, 0.5) is 0 Å². The molecule has 0 spiro atoms. The predicted molar refractivity (Wildman–Crippen MR) is 92.2 cm³/mol. The average Bonchev–Trinajstić information content (AvgIpc) is 2.50. The van der Waals surface area contributed by atoms with Gasteiger partial charge in [-0.15, -0.1) is 0 Å². The van der Waals surface area contributed by atoms with Crippen LogP contribution in [0.3, 0.4) is 0 Å². The van der Waals surface area contributed by atoms with Gasteiger partial charge in [-0.1, -0.05) is 28.1 Å². The second-order valence-electron chi connectivity index (χ2n) is 5.74. The van der Waals surface area contributed by atoms with Crippen LogP contribution in [0.2, 0.25) is 0 Å². The molecule has 0 aliphatic rings. The summed E-state index contributed by atoms with van der Waals surface area (Å²) >= 11 is 3.43. The van der Waals surface area contributed by atoms with Gasteiger partial charge in [0.05, 0.1) is 5.92 Å². The van der Waals surface area contributed by atoms with E-state index in [9.17, 15) is 9.59 Å². The van der Waals surface area contributed by atoms with E-state index < -0.39 is 17.9 Å². The number of carbonyl (C=O) groups is 2. The third kappa shape index (κ3) is 6.71. The van der Waals surface area contributed by atoms with Crippen molar-refractivity contribution in [1.82, 2.24) is 5.32 Å². The van der Waals surface area contributed by atoms with Crippen molar-refractivity contribution in [3.05, 3.63) is 34.3 Å². The number of hydrogen-bond donors (Lipinski definition) is 2. The standard InChI is InChI=1S/C17H24BrNO4/c1-11(17(21)22)12(2)19-16(20)14(7-8-23-3)9-13-5-4-6-15(18)10-13/h4-6,10-12,14H,7-9H2,1-3H3,(H,19,20)(H,21,22). The van der Waals surface area contributed by atoms with E-state index in [1.54, 1.807) is 21.0 Å². The van der Waals surface area contributed by atoms with Crippen LogP contribution >= 0.6 is 15.9 Å². The number of nitrogens with one attached hydrogen (secondary N) is 1. The summed E-state index contributed by atoms with van der Waals surface area (Å²) in [4.78, 5) is 23.5. The summed E-state index contributed by atoms with van der Waals surface area (Å²) < 4.78 is 6.06. The molecule has 5 nitrogen and oxygen atoms in total. The van der Waals surface area contributed by atoms with Gasteiger partial charge < -0.3 is 15.2 Å². The highest BCUT2D eigenvalue weighted by molar-refractivity contribution is 9.10. The molecule has 0 saturated carbocycles. The molecule has 1 amide bonds. The molecule has 1 aromatic rings. The highest BCUT2D eigenvalue weighted by Gasteiger charge is 2.25. The van der Waals surface area contributed by atoms with Crippen LogP contribution in [0.1, 0.15) is 25.8 Å². The minimum atomic E-state index is -0.918. The molecule has 6 heteroatoms. The largest absolute Gasteiger partial charge is 0.481 e. The highest BCUT2D eigenvalue weighted by Crippen LogP contribution is 2.18. The van der Waals surface area contributed by atoms with Crippen LogP contribution in [0.25, 0.3) is 0 Å². The fraction of sp³-hybridized carbons (Fsp3) is 0.529. The van der Waals surface area contributed by atoms with E-state index in [4.69, 9.17) is 9.84 Å². The summed E-state index contributed by atoms with van der Waals surface area (Å²) in [5.74, 6) is -1.94. The van der Waals surface area contributed by atoms with Gasteiger partial charge >= 0.3 is 5.97 Å². The Kier molecular flexibility index (Phi) is 8.26. The maximum Gasteiger partial charge on any atom is 0.308 e. The monoisotopic (exact) mass is 385 g/mol. The summed E-state index contributed by atoms with van der Waals surface area (Å²) in [5.41, 5.74) is 1.05. The number of aliphatic carboxylic acids is 1. The van der Waals surface area contributed by atoms with E-state index >= 15 is 0 Å². The van der Waals surface area contributed by atoms with Gasteiger partial charge in [0.2, 0.25) is 5.91 Å². The van der Waals surface area contributed by atoms with Crippen molar-refractivity contribution in [3.63, 3.8) is 0 Å². The molecule has 3 unspecified atom stereocenters. The van der Waals surface area contributed by atoms with Crippen molar-refractivity contribution < 1.29 is 19.4 Å². The molecule has 23 heavy (non-hydrogen) atoms. The molecule has 0 aliphatic heterocycles. The quantitative estimate of drug-likeness (QED) is 0.685. The van der Waals surface area contributed by atoms with Crippen LogP contribution in [-0.2, 0) is 20.7 Å². The normalized spacial score (nSPS) is 14.8. The van der Waals surface area contributed by atoms with Crippen LogP contribution in [0.5, 0.6) is 0 Å². The Hall–Kier alpha value is -1.40. The van der Waals surface area contributed by atoms with Gasteiger partial charge in [-0.3, -0.25) is 9.59 Å². The topological polar surface area (TPSA) is 75.6 Å². The molecule has 1 aromatic carbocycles. The van der Waals surface area contributed by atoms with E-state index in [-0.39, 0.29) is 11.8 Å². The Labute approximate surface area is 145 Å². The van der Waals surface area contributed by atoms with Crippen molar-refractivity contribution >= 4 is 27.8 Å². The number of halogens is 1. The summed E-state index contributed by atoms with van der Waals surface area (Å²) in [6.07, 6.45) is 1.17. The van der Waals surface area contributed by atoms with E-state index in [0.29, 0.717) is 19.4 Å². The fourth-order valence-electron chi connectivity index (χ4n) is 2.22. The van der Waals surface area contributed by atoms with Gasteiger partial charge in [0.1, 0.15) is 0 Å². The minimum absolute atomic E-state index is 0.136. The maximum atomic E-state index is 12.5. The van der Waals surface area contributed by atoms with Crippen molar-refractivity contribution in [2.45, 2.75) is 32.7 Å². The lowest BCUT2D eigenvalue weighted by Gasteiger charge is -2.22. The SMILES string of the molecule is COCCC(Cc1cccc(Br)c1)C(=O)NC(C)C(C)C(=O)O. The first kappa shape index (κ1) is 19.6. The second kappa shape index (κ2) is 9.67. The van der Waals surface area contributed by atoms with Gasteiger partial charge in [0.15, 0.2) is 0 Å². The Morgan fingerprint density at radius 1 is 1.35 bits per heavy atom. The molecule has 0 heterocycles. The summed E-state index contributed by atoms with van der Waals surface area (Å²) in [6.45, 7) is 3.78. The van der Waals surface area contributed by atoms with E-state index in [1.807, 2.05) is 24.3 Å². The molecular formula is C17H24BrNO4. The van der Waals surface area contributed by atoms with Crippen LogP contribution in [0, 0.1) is 11.8 Å². The van der Waals surface area contributed by atoms with Gasteiger partial charge in [0, 0.05) is 30.1 Å². The van der Waals surface area contributed by atoms with E-state index in [2.05, 4.69) is 21.2 Å². The number of methoxy groups -OCH3 is 1. The number of carboxylic acids is 1. The van der Waals surface area contributed by atoms with Crippen LogP contribution in [-0.4, -0.2) is 36.7 Å². The highest BCUT2D eigenvalue weighted by atomic mass is 79.9. The summed E-state index contributed by atoms with van der Waals surface area (Å²) in [6, 6.07) is 7.40. The molecular weight excluding hydrogens is 362 g/mol. The van der Waals surface area contributed by atoms with Crippen molar-refractivity contribution in [2.24, 2.45) is 11.8 Å². The van der Waals surface area contributed by atoms with Crippen molar-refractivity contribution in [3.8, 4) is 0 Å². The second-order valence-corrected chi connectivity index (χ2v) is 6.65. The molecule has 3 atom stereocenters. The molecule has 0 saturated heterocycles. The minimum Gasteiger partial charge on any atom is -0.481 e. The fourth-order valence-corrected chi connectivity index (χ4v) is 2.66. The average molecular weight is 386 g/mol. The van der Waals surface area contributed by atoms with E-state index in [1.165, 1.54) is 0 Å². The molecule has 0 radical (unpaired) electrons. The Morgan fingerprint density at radius 3 is 2.61 bits per heavy atom. The lowest BCUT2D eigenvalue weighted by atomic mass is 9.94. The number of amides is 1. The van der Waals surface area contributed by atoms with E-state index in [0.717, 1.165) is 10.0 Å². The number of carboxylic acid groups (broad SMARTS) is 1. The summed E-state index contributed by atoms with van der Waals surface area (Å²) in [7, 11) is 1.60. The Balaban J connectivity index is 2.76. The number of benzene rings is 1. The lowest BCUT2D eigenvalue weighted by Crippen LogP contribution is -2.43. The Bertz CT molecular complexity index is 535. The predicted octanol–water partition coefficient (Wildman–Crippen LogP) is 2.87. The number of carbonyl (C=O) groups excluding carboxylic acids is 1. The van der Waals surface area contributed by atoms with Crippen molar-refractivity contribution in [1.29, 1.82) is 0 Å². The van der Waals surface area contributed by atoms with Crippen molar-refractivity contribution in [2.75, 3.05) is 13.7 Å². The zero-order chi connectivity index (χ0) is 17.4. The first-order valence-corrected chi connectivity index (χ1v) is 8.41. The molecule has 1 rings (SSSR count). The van der Waals surface area contributed by atoms with Gasteiger partial charge in [-0.25, -0.2) is 0 Å². The maximum absolute atomic E-state index is 12.5. The molecule has 128 valence electrons. The Morgan fingerprint density at radius 2 is 2.04 bits per heavy atom. The molecule has 0 aliphatic carbocycles. The first-order valence-electron chi connectivity index (χ1n) is 7.61. The summed E-state index contributed by atoms with van der Waals surface area (Å²) in [5, 5.41) is 11.9. The van der Waals surface area contributed by atoms with Gasteiger partial charge in [-0.05, 0) is 44.4 Å². The third-order valence-corrected chi connectivity index (χ3v) is 4.42. The van der Waals surface area contributed by atoms with Crippen LogP contribution in [0.15, 0.2) is 28.7 Å². The zero-order valence-corrected chi connectivity index (χ0v) is 15.3. The lowest BCUT2D eigenvalue weighted by molar-refractivity contribution is -0.142. The number of rotatable bonds is 9. The molecule has 0 fully saturated rings. The van der Waals surface area contributed by atoms with Gasteiger partial charge in [0.25, 0.3) is 0 Å². The van der Waals surface area contributed by atoms with Gasteiger partial charge in [-0.2, -0.15) is 0 Å². The zero-order valence-electron chi connectivity index (χ0n) is 13.7. The number of ether oxygens (including phenoxy) is 1. The number of hydrogen-bond acceptors (Lipinski definition) is 3. The molecule has 0 bridgehead atoms. The molecule has 0 aromatic heterocycles. The third-order valence-electron chi connectivity index (χ3n) is 3.92.